The van der Waals surface area contributed by atoms with Crippen LogP contribution in [0.1, 0.15) is 84.5 Å². The molecule has 0 saturated carbocycles. The van der Waals surface area contributed by atoms with Crippen LogP contribution in [0.4, 0.5) is 0 Å². The molecule has 0 aliphatic carbocycles. The average Bonchev–Trinajstić information content (AvgIpc) is 2.40. The van der Waals surface area contributed by atoms with E-state index in [0.717, 1.165) is 12.8 Å². The summed E-state index contributed by atoms with van der Waals surface area (Å²) in [6.45, 7) is 4.58. The number of hydrogen-bond acceptors (Lipinski definition) is 3. The predicted molar refractivity (Wildman–Crippen MR) is 86.7 cm³/mol. The maximum absolute atomic E-state index is 9.17. The molecule has 0 saturated heterocycles. The second kappa shape index (κ2) is 12.6. The van der Waals surface area contributed by atoms with E-state index in [2.05, 4.69) is 6.92 Å². The smallest absolute Gasteiger partial charge is 0.0448 e. The molecule has 3 nitrogen and oxygen atoms in total. The number of aliphatic hydroxyl groups is 2. The van der Waals surface area contributed by atoms with E-state index < -0.39 is 0 Å². The molecule has 20 heavy (non-hydrogen) atoms. The van der Waals surface area contributed by atoms with Gasteiger partial charge < -0.3 is 15.9 Å². The molecule has 0 aromatic rings. The summed E-state index contributed by atoms with van der Waals surface area (Å²) >= 11 is 0. The Balaban J connectivity index is 3.75. The zero-order valence-electron chi connectivity index (χ0n) is 13.7. The first-order valence-corrected chi connectivity index (χ1v) is 8.59. The lowest BCUT2D eigenvalue weighted by molar-refractivity contribution is 0.157. The molecule has 0 aromatic heterocycles. The lowest BCUT2D eigenvalue weighted by Gasteiger charge is -2.33. The fourth-order valence-electron chi connectivity index (χ4n) is 2.93. The van der Waals surface area contributed by atoms with Crippen LogP contribution >= 0.6 is 0 Å². The molecule has 0 aliphatic heterocycles. The van der Waals surface area contributed by atoms with Crippen molar-refractivity contribution in [2.45, 2.75) is 90.0 Å². The quantitative estimate of drug-likeness (QED) is 0.427. The highest BCUT2D eigenvalue weighted by Gasteiger charge is 2.28. The van der Waals surface area contributed by atoms with Gasteiger partial charge in [-0.25, -0.2) is 0 Å². The monoisotopic (exact) mass is 287 g/mol. The van der Waals surface area contributed by atoms with Crippen LogP contribution in [0.2, 0.25) is 0 Å². The molecule has 0 aromatic carbocycles. The molecule has 4 N–H and O–H groups in total. The van der Waals surface area contributed by atoms with Crippen molar-refractivity contribution >= 4 is 0 Å². The molecule has 0 bridgehead atoms. The van der Waals surface area contributed by atoms with Gasteiger partial charge in [-0.3, -0.25) is 0 Å². The van der Waals surface area contributed by atoms with Gasteiger partial charge in [-0.2, -0.15) is 0 Å². The van der Waals surface area contributed by atoms with E-state index >= 15 is 0 Å². The van der Waals surface area contributed by atoms with Crippen LogP contribution in [0.25, 0.3) is 0 Å². The van der Waals surface area contributed by atoms with Gasteiger partial charge >= 0.3 is 0 Å². The number of nitrogens with two attached hydrogens (primary N) is 1. The van der Waals surface area contributed by atoms with Crippen LogP contribution in [-0.4, -0.2) is 29.0 Å². The minimum absolute atomic E-state index is 0.131. The third-order valence-corrected chi connectivity index (χ3v) is 4.47. The molecule has 2 unspecified atom stereocenters. The number of unbranched alkanes of at least 4 members (excludes halogenated alkanes) is 7. The molecule has 0 heterocycles. The van der Waals surface area contributed by atoms with Crippen LogP contribution in [0, 0.1) is 5.92 Å². The van der Waals surface area contributed by atoms with Gasteiger partial charge in [-0.05, 0) is 32.1 Å². The minimum atomic E-state index is -0.349. The van der Waals surface area contributed by atoms with E-state index in [4.69, 9.17) is 10.8 Å². The Morgan fingerprint density at radius 1 is 0.850 bits per heavy atom. The molecule has 0 fully saturated rings. The normalized spacial score (nSPS) is 16.1. The van der Waals surface area contributed by atoms with Crippen molar-refractivity contribution in [2.24, 2.45) is 11.7 Å². The van der Waals surface area contributed by atoms with Gasteiger partial charge in [0.25, 0.3) is 0 Å². The Morgan fingerprint density at radius 2 is 1.40 bits per heavy atom. The summed E-state index contributed by atoms with van der Waals surface area (Å²) in [4.78, 5) is 0. The number of rotatable bonds is 14. The standard InChI is InChI=1S/C17H37NO2/c1-3-4-5-6-7-8-9-10-11-16(12-14-19)17(2,18)13-15-20/h16,19-20H,3-15,18H2,1-2H3. The SMILES string of the molecule is CCCCCCCCCCC(CCO)C(C)(N)CCO. The molecule has 0 spiro atoms. The van der Waals surface area contributed by atoms with Crippen LogP contribution < -0.4 is 5.73 Å². The van der Waals surface area contributed by atoms with E-state index in [0.29, 0.717) is 12.3 Å². The van der Waals surface area contributed by atoms with Crippen LogP contribution in [0.5, 0.6) is 0 Å². The molecule has 122 valence electrons. The van der Waals surface area contributed by atoms with Gasteiger partial charge in [0.15, 0.2) is 0 Å². The van der Waals surface area contributed by atoms with Crippen molar-refractivity contribution in [2.75, 3.05) is 13.2 Å². The summed E-state index contributed by atoms with van der Waals surface area (Å²) < 4.78 is 0. The van der Waals surface area contributed by atoms with Gasteiger partial charge in [0, 0.05) is 18.8 Å². The maximum Gasteiger partial charge on any atom is 0.0448 e. The molecule has 3 heteroatoms. The molecule has 0 amide bonds. The second-order valence-corrected chi connectivity index (χ2v) is 6.45. The van der Waals surface area contributed by atoms with Gasteiger partial charge in [-0.1, -0.05) is 58.3 Å². The van der Waals surface area contributed by atoms with Crippen molar-refractivity contribution in [1.82, 2.24) is 0 Å². The van der Waals surface area contributed by atoms with Crippen LogP contribution in [-0.2, 0) is 0 Å². The third-order valence-electron chi connectivity index (χ3n) is 4.47. The predicted octanol–water partition coefficient (Wildman–Crippen LogP) is 3.62. The summed E-state index contributed by atoms with van der Waals surface area (Å²) in [5, 5.41) is 18.3. The Hall–Kier alpha value is -0.120. The summed E-state index contributed by atoms with van der Waals surface area (Å²) in [6.07, 6.45) is 13.0. The summed E-state index contributed by atoms with van der Waals surface area (Å²) in [5.41, 5.74) is 5.93. The van der Waals surface area contributed by atoms with Crippen molar-refractivity contribution in [1.29, 1.82) is 0 Å². The highest BCUT2D eigenvalue weighted by atomic mass is 16.3. The van der Waals surface area contributed by atoms with E-state index in [1.807, 2.05) is 6.92 Å². The van der Waals surface area contributed by atoms with Crippen molar-refractivity contribution in [3.63, 3.8) is 0 Å². The fourth-order valence-corrected chi connectivity index (χ4v) is 2.93. The van der Waals surface area contributed by atoms with Crippen LogP contribution in [0.3, 0.4) is 0 Å². The lowest BCUT2D eigenvalue weighted by Crippen LogP contribution is -2.45. The van der Waals surface area contributed by atoms with E-state index in [9.17, 15) is 5.11 Å². The van der Waals surface area contributed by atoms with Crippen LogP contribution in [0.15, 0.2) is 0 Å². The van der Waals surface area contributed by atoms with E-state index in [1.54, 1.807) is 0 Å². The zero-order valence-corrected chi connectivity index (χ0v) is 13.7. The molecule has 0 aliphatic rings. The van der Waals surface area contributed by atoms with E-state index in [-0.39, 0.29) is 18.8 Å². The first-order valence-electron chi connectivity index (χ1n) is 8.59. The molecular formula is C17H37NO2. The largest absolute Gasteiger partial charge is 0.396 e. The fraction of sp³-hybridized carbons (Fsp3) is 1.00. The lowest BCUT2D eigenvalue weighted by atomic mass is 9.78. The minimum Gasteiger partial charge on any atom is -0.396 e. The van der Waals surface area contributed by atoms with Gasteiger partial charge in [0.2, 0.25) is 0 Å². The number of hydrogen-bond donors (Lipinski definition) is 3. The van der Waals surface area contributed by atoms with Gasteiger partial charge in [-0.15, -0.1) is 0 Å². The Morgan fingerprint density at radius 3 is 1.90 bits per heavy atom. The first-order chi connectivity index (χ1) is 9.58. The van der Waals surface area contributed by atoms with Gasteiger partial charge in [0.1, 0.15) is 0 Å². The molecule has 2 atom stereocenters. The molecule has 0 rings (SSSR count). The average molecular weight is 287 g/mol. The maximum atomic E-state index is 9.17. The molecular weight excluding hydrogens is 250 g/mol. The summed E-state index contributed by atoms with van der Waals surface area (Å²) in [6, 6.07) is 0. The van der Waals surface area contributed by atoms with Gasteiger partial charge in [0.05, 0.1) is 0 Å². The summed E-state index contributed by atoms with van der Waals surface area (Å²) in [5.74, 6) is 0.319. The highest BCUT2D eigenvalue weighted by molar-refractivity contribution is 4.86. The third kappa shape index (κ3) is 9.73. The van der Waals surface area contributed by atoms with E-state index in [1.165, 1.54) is 51.4 Å². The Labute approximate surface area is 126 Å². The van der Waals surface area contributed by atoms with Crippen molar-refractivity contribution in [3.05, 3.63) is 0 Å². The highest BCUT2D eigenvalue weighted by Crippen LogP contribution is 2.27. The number of aliphatic hydroxyl groups excluding tert-OH is 2. The topological polar surface area (TPSA) is 66.5 Å². The Kier molecular flexibility index (Phi) is 12.5. The van der Waals surface area contributed by atoms with Crippen molar-refractivity contribution in [3.8, 4) is 0 Å². The van der Waals surface area contributed by atoms with Crippen molar-refractivity contribution < 1.29 is 10.2 Å². The second-order valence-electron chi connectivity index (χ2n) is 6.45. The Bertz CT molecular complexity index is 207. The first kappa shape index (κ1) is 19.9. The molecule has 0 radical (unpaired) electrons. The summed E-state index contributed by atoms with van der Waals surface area (Å²) in [7, 11) is 0. The zero-order chi connectivity index (χ0) is 15.3.